The van der Waals surface area contributed by atoms with Crippen LogP contribution in [0, 0.1) is 3.57 Å². The van der Waals surface area contributed by atoms with Crippen LogP contribution in [0.2, 0.25) is 0 Å². The highest BCUT2D eigenvalue weighted by Gasteiger charge is 2.32. The first-order chi connectivity index (χ1) is 11.7. The van der Waals surface area contributed by atoms with E-state index in [4.69, 9.17) is 9.47 Å². The molecule has 0 unspecified atom stereocenters. The van der Waals surface area contributed by atoms with Crippen LogP contribution in [0.4, 0.5) is 0 Å². The molecule has 0 atom stereocenters. The molecule has 25 heavy (non-hydrogen) atoms. The Bertz CT molecular complexity index is 746. The average Bonchev–Trinajstić information content (AvgIpc) is 2.54. The van der Waals surface area contributed by atoms with Gasteiger partial charge >= 0.3 is 5.97 Å². The van der Waals surface area contributed by atoms with E-state index in [1.54, 1.807) is 64.1 Å². The zero-order chi connectivity index (χ0) is 18.6. The molecule has 0 aromatic heterocycles. The third-order valence-electron chi connectivity index (χ3n) is 3.43. The van der Waals surface area contributed by atoms with Gasteiger partial charge in [0.05, 0.1) is 6.10 Å². The van der Waals surface area contributed by atoms with E-state index >= 15 is 0 Å². The van der Waals surface area contributed by atoms with Crippen LogP contribution in [-0.4, -0.2) is 23.5 Å². The number of hydrogen-bond donors (Lipinski definition) is 0. The first kappa shape index (κ1) is 19.4. The summed E-state index contributed by atoms with van der Waals surface area (Å²) in [4.78, 5) is 24.5. The Balaban J connectivity index is 2.10. The van der Waals surface area contributed by atoms with Gasteiger partial charge in [-0.1, -0.05) is 0 Å². The SMILES string of the molecule is CC(C)OC(=O)C(C)(C)Oc1ccc(C(=O)c2ccc(I)cc2)cc1. The van der Waals surface area contributed by atoms with E-state index in [-0.39, 0.29) is 11.9 Å². The van der Waals surface area contributed by atoms with Crippen molar-refractivity contribution in [2.75, 3.05) is 0 Å². The average molecular weight is 452 g/mol. The molecule has 2 aromatic carbocycles. The molecule has 5 heteroatoms. The van der Waals surface area contributed by atoms with Gasteiger partial charge in [-0.2, -0.15) is 0 Å². The van der Waals surface area contributed by atoms with Gasteiger partial charge in [0.25, 0.3) is 0 Å². The predicted octanol–water partition coefficient (Wildman–Crippen LogP) is 4.63. The monoisotopic (exact) mass is 452 g/mol. The van der Waals surface area contributed by atoms with E-state index < -0.39 is 11.6 Å². The van der Waals surface area contributed by atoms with E-state index in [0.717, 1.165) is 3.57 Å². The molecule has 0 saturated carbocycles. The third-order valence-corrected chi connectivity index (χ3v) is 4.15. The predicted molar refractivity (Wildman–Crippen MR) is 105 cm³/mol. The lowest BCUT2D eigenvalue weighted by Gasteiger charge is -2.25. The maximum Gasteiger partial charge on any atom is 0.350 e. The highest BCUT2D eigenvalue weighted by atomic mass is 127. The number of ether oxygens (including phenoxy) is 2. The molecule has 0 aliphatic heterocycles. The Labute approximate surface area is 161 Å². The van der Waals surface area contributed by atoms with Crippen molar-refractivity contribution in [3.8, 4) is 5.75 Å². The molecule has 4 nitrogen and oxygen atoms in total. The van der Waals surface area contributed by atoms with E-state index in [1.165, 1.54) is 0 Å². The summed E-state index contributed by atoms with van der Waals surface area (Å²) < 4.78 is 12.0. The Morgan fingerprint density at radius 2 is 1.40 bits per heavy atom. The minimum Gasteiger partial charge on any atom is -0.476 e. The van der Waals surface area contributed by atoms with Gasteiger partial charge in [0.1, 0.15) is 5.75 Å². The molecule has 0 saturated heterocycles. The molecular formula is C20H21IO4. The topological polar surface area (TPSA) is 52.6 Å². The molecule has 132 valence electrons. The van der Waals surface area contributed by atoms with Crippen molar-refractivity contribution in [2.24, 2.45) is 0 Å². The first-order valence-electron chi connectivity index (χ1n) is 7.99. The van der Waals surface area contributed by atoms with Crippen LogP contribution in [0.15, 0.2) is 48.5 Å². The first-order valence-corrected chi connectivity index (χ1v) is 9.07. The van der Waals surface area contributed by atoms with Gasteiger partial charge in [-0.25, -0.2) is 4.79 Å². The van der Waals surface area contributed by atoms with Crippen LogP contribution in [0.3, 0.4) is 0 Å². The van der Waals surface area contributed by atoms with Crippen molar-refractivity contribution in [3.05, 3.63) is 63.2 Å². The summed E-state index contributed by atoms with van der Waals surface area (Å²) in [5.74, 6) is 0.0211. The maximum absolute atomic E-state index is 12.5. The fourth-order valence-electron chi connectivity index (χ4n) is 2.13. The summed E-state index contributed by atoms with van der Waals surface area (Å²) in [5.41, 5.74) is 0.0948. The van der Waals surface area contributed by atoms with Crippen LogP contribution in [-0.2, 0) is 9.53 Å². The van der Waals surface area contributed by atoms with Gasteiger partial charge in [-0.15, -0.1) is 0 Å². The van der Waals surface area contributed by atoms with Gasteiger partial charge in [0.15, 0.2) is 11.4 Å². The summed E-state index contributed by atoms with van der Waals surface area (Å²) in [6, 6.07) is 14.2. The third kappa shape index (κ3) is 5.29. The lowest BCUT2D eigenvalue weighted by Crippen LogP contribution is -2.40. The normalized spacial score (nSPS) is 11.3. The number of ketones is 1. The van der Waals surface area contributed by atoms with Crippen molar-refractivity contribution in [1.82, 2.24) is 0 Å². The Hall–Kier alpha value is -1.89. The molecule has 0 fully saturated rings. The molecule has 0 amide bonds. The number of rotatable bonds is 6. The van der Waals surface area contributed by atoms with Gasteiger partial charge in [0.2, 0.25) is 0 Å². The van der Waals surface area contributed by atoms with Crippen LogP contribution in [0.1, 0.15) is 43.6 Å². The number of halogens is 1. The molecular weight excluding hydrogens is 431 g/mol. The van der Waals surface area contributed by atoms with Crippen LogP contribution >= 0.6 is 22.6 Å². The summed E-state index contributed by atoms with van der Waals surface area (Å²) in [6.45, 7) is 6.89. The highest BCUT2D eigenvalue weighted by molar-refractivity contribution is 14.1. The number of carbonyl (C=O) groups is 2. The smallest absolute Gasteiger partial charge is 0.350 e. The molecule has 2 aromatic rings. The minimum absolute atomic E-state index is 0.0542. The van der Waals surface area contributed by atoms with Gasteiger partial charge in [0, 0.05) is 14.7 Å². The standard InChI is InChI=1S/C20H21IO4/c1-13(2)24-19(23)20(3,4)25-17-11-7-15(8-12-17)18(22)14-5-9-16(21)10-6-14/h5-13H,1-4H3. The van der Waals surface area contributed by atoms with Crippen molar-refractivity contribution < 1.29 is 19.1 Å². The molecule has 0 spiro atoms. The van der Waals surface area contributed by atoms with Crippen molar-refractivity contribution in [1.29, 1.82) is 0 Å². The molecule has 0 aliphatic carbocycles. The number of esters is 1. The largest absolute Gasteiger partial charge is 0.476 e. The fourth-order valence-corrected chi connectivity index (χ4v) is 2.49. The summed E-state index contributed by atoms with van der Waals surface area (Å²) >= 11 is 2.20. The van der Waals surface area contributed by atoms with E-state index in [0.29, 0.717) is 16.9 Å². The Morgan fingerprint density at radius 3 is 1.88 bits per heavy atom. The van der Waals surface area contributed by atoms with E-state index in [9.17, 15) is 9.59 Å². The molecule has 0 bridgehead atoms. The Morgan fingerprint density at radius 1 is 0.920 bits per heavy atom. The summed E-state index contributed by atoms with van der Waals surface area (Å²) in [7, 11) is 0. The molecule has 2 rings (SSSR count). The summed E-state index contributed by atoms with van der Waals surface area (Å²) in [6.07, 6.45) is -0.204. The highest BCUT2D eigenvalue weighted by Crippen LogP contribution is 2.22. The molecule has 0 heterocycles. The fraction of sp³-hybridized carbons (Fsp3) is 0.300. The van der Waals surface area contributed by atoms with Gasteiger partial charge < -0.3 is 9.47 Å². The number of carbonyl (C=O) groups excluding carboxylic acids is 2. The van der Waals surface area contributed by atoms with E-state index in [1.807, 2.05) is 12.1 Å². The van der Waals surface area contributed by atoms with Crippen LogP contribution in [0.25, 0.3) is 0 Å². The van der Waals surface area contributed by atoms with Crippen molar-refractivity contribution in [3.63, 3.8) is 0 Å². The van der Waals surface area contributed by atoms with Gasteiger partial charge in [-0.05, 0) is 98.8 Å². The van der Waals surface area contributed by atoms with Crippen LogP contribution in [0.5, 0.6) is 5.75 Å². The second kappa shape index (κ2) is 7.99. The van der Waals surface area contributed by atoms with E-state index in [2.05, 4.69) is 22.6 Å². The van der Waals surface area contributed by atoms with Gasteiger partial charge in [-0.3, -0.25) is 4.79 Å². The second-order valence-corrected chi connectivity index (χ2v) is 7.67. The molecule has 0 aliphatic rings. The zero-order valence-corrected chi connectivity index (χ0v) is 16.9. The Kier molecular flexibility index (Phi) is 6.21. The quantitative estimate of drug-likeness (QED) is 0.365. The van der Waals surface area contributed by atoms with Crippen LogP contribution < -0.4 is 4.74 Å². The van der Waals surface area contributed by atoms with Crippen molar-refractivity contribution in [2.45, 2.75) is 39.4 Å². The zero-order valence-electron chi connectivity index (χ0n) is 14.7. The summed E-state index contributed by atoms with van der Waals surface area (Å²) in [5, 5.41) is 0. The minimum atomic E-state index is -1.11. The lowest BCUT2D eigenvalue weighted by atomic mass is 10.0. The number of benzene rings is 2. The number of hydrogen-bond acceptors (Lipinski definition) is 4. The second-order valence-electron chi connectivity index (χ2n) is 6.43. The maximum atomic E-state index is 12.5. The van der Waals surface area contributed by atoms with Crippen molar-refractivity contribution >= 4 is 34.3 Å². The molecule has 0 radical (unpaired) electrons. The molecule has 0 N–H and O–H groups in total. The lowest BCUT2D eigenvalue weighted by molar-refractivity contribution is -0.163.